The molecule has 1 aromatic rings. The smallest absolute Gasteiger partial charge is 0.289 e. The molecule has 1 aliphatic rings. The Labute approximate surface area is 110 Å². The van der Waals surface area contributed by atoms with Crippen LogP contribution in [-0.4, -0.2) is 29.3 Å². The van der Waals surface area contributed by atoms with E-state index in [0.29, 0.717) is 6.54 Å². The highest BCUT2D eigenvalue weighted by molar-refractivity contribution is 6.29. The van der Waals surface area contributed by atoms with Crippen molar-refractivity contribution in [2.24, 2.45) is 11.7 Å². The number of amides is 2. The average Bonchev–Trinajstić information content (AvgIpc) is 2.75. The van der Waals surface area contributed by atoms with Gasteiger partial charge in [0.1, 0.15) is 0 Å². The highest BCUT2D eigenvalue weighted by Gasteiger charge is 2.33. The third-order valence-corrected chi connectivity index (χ3v) is 3.53. The first kappa shape index (κ1) is 13.0. The van der Waals surface area contributed by atoms with Gasteiger partial charge in [0.2, 0.25) is 5.91 Å². The minimum absolute atomic E-state index is 0.0666. The van der Waals surface area contributed by atoms with Gasteiger partial charge in [-0.3, -0.25) is 9.59 Å². The predicted molar refractivity (Wildman–Crippen MR) is 66.1 cm³/mol. The second-order valence-electron chi connectivity index (χ2n) is 4.59. The number of nitrogens with zero attached hydrogens (tertiary/aromatic N) is 1. The number of carbonyl (C=O) groups is 2. The molecule has 1 fully saturated rings. The first-order valence-electron chi connectivity index (χ1n) is 5.84. The van der Waals surface area contributed by atoms with E-state index in [1.807, 2.05) is 6.92 Å². The number of halogens is 1. The van der Waals surface area contributed by atoms with Gasteiger partial charge in [0.15, 0.2) is 11.0 Å². The van der Waals surface area contributed by atoms with Crippen LogP contribution < -0.4 is 5.73 Å². The van der Waals surface area contributed by atoms with Gasteiger partial charge in [-0.05, 0) is 43.5 Å². The topological polar surface area (TPSA) is 76.5 Å². The number of rotatable bonds is 2. The maximum atomic E-state index is 12.2. The summed E-state index contributed by atoms with van der Waals surface area (Å²) in [5.74, 6) is -0.704. The van der Waals surface area contributed by atoms with Crippen LogP contribution in [0.5, 0.6) is 0 Å². The Morgan fingerprint density at radius 3 is 2.72 bits per heavy atom. The van der Waals surface area contributed by atoms with E-state index in [1.54, 1.807) is 4.90 Å². The van der Waals surface area contributed by atoms with Gasteiger partial charge in [-0.2, -0.15) is 0 Å². The average molecular weight is 271 g/mol. The Morgan fingerprint density at radius 2 is 2.17 bits per heavy atom. The lowest BCUT2D eigenvalue weighted by molar-refractivity contribution is -0.123. The SMILES string of the molecule is CC1CCC(C(N)=O)CN1C(=O)c1ccc(Cl)o1. The number of carbonyl (C=O) groups excluding carboxylic acids is 2. The van der Waals surface area contributed by atoms with Crippen LogP contribution >= 0.6 is 11.6 Å². The molecule has 0 bridgehead atoms. The minimum Gasteiger partial charge on any atom is -0.440 e. The number of hydrogen-bond donors (Lipinski definition) is 1. The first-order chi connectivity index (χ1) is 8.49. The van der Waals surface area contributed by atoms with Gasteiger partial charge in [0, 0.05) is 12.6 Å². The van der Waals surface area contributed by atoms with Crippen molar-refractivity contribution >= 4 is 23.4 Å². The molecular weight excluding hydrogens is 256 g/mol. The summed E-state index contributed by atoms with van der Waals surface area (Å²) >= 11 is 5.65. The lowest BCUT2D eigenvalue weighted by Crippen LogP contribution is -2.48. The van der Waals surface area contributed by atoms with E-state index in [-0.39, 0.29) is 34.8 Å². The van der Waals surface area contributed by atoms with Crippen LogP contribution in [-0.2, 0) is 4.79 Å². The van der Waals surface area contributed by atoms with Gasteiger partial charge >= 0.3 is 0 Å². The van der Waals surface area contributed by atoms with E-state index in [0.717, 1.165) is 12.8 Å². The lowest BCUT2D eigenvalue weighted by atomic mass is 9.93. The predicted octanol–water partition coefficient (Wildman–Crippen LogP) is 1.66. The van der Waals surface area contributed by atoms with Crippen molar-refractivity contribution in [1.29, 1.82) is 0 Å². The molecule has 2 rings (SSSR count). The van der Waals surface area contributed by atoms with Crippen LogP contribution in [0.4, 0.5) is 0 Å². The molecule has 2 heterocycles. The van der Waals surface area contributed by atoms with Crippen LogP contribution in [0.25, 0.3) is 0 Å². The Bertz CT molecular complexity index is 472. The largest absolute Gasteiger partial charge is 0.440 e. The second kappa shape index (κ2) is 5.02. The third-order valence-electron chi connectivity index (χ3n) is 3.33. The van der Waals surface area contributed by atoms with Crippen LogP contribution in [0.3, 0.4) is 0 Å². The van der Waals surface area contributed by atoms with E-state index in [1.165, 1.54) is 12.1 Å². The summed E-state index contributed by atoms with van der Waals surface area (Å²) in [6.45, 7) is 2.29. The Kier molecular flexibility index (Phi) is 3.61. The first-order valence-corrected chi connectivity index (χ1v) is 6.22. The van der Waals surface area contributed by atoms with Crippen molar-refractivity contribution in [1.82, 2.24) is 4.90 Å². The van der Waals surface area contributed by atoms with Gasteiger partial charge in [-0.1, -0.05) is 0 Å². The van der Waals surface area contributed by atoms with Crippen molar-refractivity contribution in [2.45, 2.75) is 25.8 Å². The summed E-state index contributed by atoms with van der Waals surface area (Å²) in [5.41, 5.74) is 5.30. The molecule has 1 aliphatic heterocycles. The Hall–Kier alpha value is -1.49. The van der Waals surface area contributed by atoms with Gasteiger partial charge in [-0.15, -0.1) is 0 Å². The summed E-state index contributed by atoms with van der Waals surface area (Å²) in [5, 5.41) is 0.175. The van der Waals surface area contributed by atoms with Crippen molar-refractivity contribution in [3.05, 3.63) is 23.1 Å². The molecule has 5 nitrogen and oxygen atoms in total. The van der Waals surface area contributed by atoms with Gasteiger partial charge in [-0.25, -0.2) is 0 Å². The summed E-state index contributed by atoms with van der Waals surface area (Å²) in [6, 6.07) is 3.12. The molecule has 2 atom stereocenters. The fourth-order valence-electron chi connectivity index (χ4n) is 2.19. The van der Waals surface area contributed by atoms with Crippen molar-refractivity contribution in [2.75, 3.05) is 6.54 Å². The molecule has 0 spiro atoms. The van der Waals surface area contributed by atoms with E-state index in [2.05, 4.69) is 0 Å². The molecule has 6 heteroatoms. The van der Waals surface area contributed by atoms with E-state index >= 15 is 0 Å². The standard InChI is InChI=1S/C12H15ClN2O3/c1-7-2-3-8(11(14)16)6-15(7)12(17)9-4-5-10(13)18-9/h4-5,7-8H,2-3,6H2,1H3,(H2,14,16). The normalized spacial score (nSPS) is 24.0. The molecule has 18 heavy (non-hydrogen) atoms. The van der Waals surface area contributed by atoms with Gasteiger partial charge in [0.25, 0.3) is 5.91 Å². The monoisotopic (exact) mass is 270 g/mol. The molecule has 1 saturated heterocycles. The van der Waals surface area contributed by atoms with Crippen molar-refractivity contribution < 1.29 is 14.0 Å². The quantitative estimate of drug-likeness (QED) is 0.888. The number of primary amides is 1. The summed E-state index contributed by atoms with van der Waals surface area (Å²) in [6.07, 6.45) is 1.48. The van der Waals surface area contributed by atoms with E-state index in [9.17, 15) is 9.59 Å². The van der Waals surface area contributed by atoms with Gasteiger partial charge in [0.05, 0.1) is 5.92 Å². The number of hydrogen-bond acceptors (Lipinski definition) is 3. The number of likely N-dealkylation sites (tertiary alicyclic amines) is 1. The van der Waals surface area contributed by atoms with Crippen LogP contribution in [0.1, 0.15) is 30.3 Å². The molecule has 2 amide bonds. The highest BCUT2D eigenvalue weighted by atomic mass is 35.5. The van der Waals surface area contributed by atoms with E-state index < -0.39 is 0 Å². The lowest BCUT2D eigenvalue weighted by Gasteiger charge is -2.36. The number of nitrogens with two attached hydrogens (primary N) is 1. The Balaban J connectivity index is 2.15. The molecule has 2 unspecified atom stereocenters. The van der Waals surface area contributed by atoms with Crippen molar-refractivity contribution in [3.63, 3.8) is 0 Å². The minimum atomic E-state index is -0.364. The molecule has 0 aromatic carbocycles. The molecule has 98 valence electrons. The molecular formula is C12H15ClN2O3. The maximum absolute atomic E-state index is 12.2. The molecule has 2 N–H and O–H groups in total. The van der Waals surface area contributed by atoms with Gasteiger partial charge < -0.3 is 15.1 Å². The molecule has 1 aromatic heterocycles. The number of furan rings is 1. The fraction of sp³-hybridized carbons (Fsp3) is 0.500. The zero-order chi connectivity index (χ0) is 13.3. The Morgan fingerprint density at radius 1 is 1.44 bits per heavy atom. The van der Waals surface area contributed by atoms with Crippen LogP contribution in [0, 0.1) is 5.92 Å². The molecule has 0 saturated carbocycles. The van der Waals surface area contributed by atoms with Crippen molar-refractivity contribution in [3.8, 4) is 0 Å². The summed E-state index contributed by atoms with van der Waals surface area (Å²) in [4.78, 5) is 25.0. The third kappa shape index (κ3) is 2.51. The zero-order valence-corrected chi connectivity index (χ0v) is 10.8. The molecule has 0 aliphatic carbocycles. The molecule has 0 radical (unpaired) electrons. The van der Waals surface area contributed by atoms with E-state index in [4.69, 9.17) is 21.8 Å². The fourth-order valence-corrected chi connectivity index (χ4v) is 2.34. The summed E-state index contributed by atoms with van der Waals surface area (Å²) < 4.78 is 5.10. The zero-order valence-electron chi connectivity index (χ0n) is 10.1. The second-order valence-corrected chi connectivity index (χ2v) is 4.96. The highest BCUT2D eigenvalue weighted by Crippen LogP contribution is 2.24. The maximum Gasteiger partial charge on any atom is 0.289 e. The van der Waals surface area contributed by atoms with Crippen LogP contribution in [0.15, 0.2) is 16.5 Å². The number of piperidine rings is 1. The summed E-state index contributed by atoms with van der Waals surface area (Å²) in [7, 11) is 0. The van der Waals surface area contributed by atoms with Crippen LogP contribution in [0.2, 0.25) is 5.22 Å².